The quantitative estimate of drug-likeness (QED) is 0.297. The molecule has 0 aliphatic rings. The molecule has 0 aliphatic heterocycles. The van der Waals surface area contributed by atoms with Crippen LogP contribution in [0.1, 0.15) is 36.1 Å². The van der Waals surface area contributed by atoms with E-state index in [0.717, 1.165) is 39.7 Å². The van der Waals surface area contributed by atoms with Gasteiger partial charge in [0.15, 0.2) is 0 Å². The van der Waals surface area contributed by atoms with Crippen LogP contribution in [0.4, 0.5) is 0 Å². The average Bonchev–Trinajstić information content (AvgIpc) is 3.13. The first-order valence-electron chi connectivity index (χ1n) is 11.3. The zero-order valence-corrected chi connectivity index (χ0v) is 19.4. The lowest BCUT2D eigenvalue weighted by Gasteiger charge is -2.10. The number of hydrogen-bond donors (Lipinski definition) is 0. The summed E-state index contributed by atoms with van der Waals surface area (Å²) >= 11 is 0. The Morgan fingerprint density at radius 3 is 2.31 bits per heavy atom. The van der Waals surface area contributed by atoms with Crippen molar-refractivity contribution in [3.8, 4) is 22.5 Å². The summed E-state index contributed by atoms with van der Waals surface area (Å²) in [5.74, 6) is 0.596. The summed E-state index contributed by atoms with van der Waals surface area (Å²) in [6.07, 6.45) is 3.02. The molecular weight excluding hydrogens is 392 g/mol. The molecule has 0 unspecified atom stereocenters. The predicted octanol–water partition coefficient (Wildman–Crippen LogP) is 7.83. The second kappa shape index (κ2) is 7.90. The Kier molecular flexibility index (Phi) is 5.05. The number of nitrogens with zero attached hydrogens (tertiary/aromatic N) is 2. The molecule has 5 aromatic rings. The number of para-hydroxylation sites is 1. The first-order chi connectivity index (χ1) is 15.4. The number of aromatic nitrogens is 2. The number of benzene rings is 2. The fraction of sp³-hybridized carbons (Fsp3) is 0.241. The Bertz CT molecular complexity index is 1440. The average molecular weight is 421 g/mol. The molecule has 0 bridgehead atoms. The van der Waals surface area contributed by atoms with Gasteiger partial charge in [-0.15, -0.1) is 0 Å². The van der Waals surface area contributed by atoms with Crippen molar-refractivity contribution in [3.05, 3.63) is 83.0 Å². The maximum atomic E-state index is 6.38. The third-order valence-electron chi connectivity index (χ3n) is 6.22. The Morgan fingerprint density at radius 2 is 1.56 bits per heavy atom. The third-order valence-corrected chi connectivity index (χ3v) is 6.22. The standard InChI is InChI=1S/C29H28N2O/c1-17(2)14-21-15-26(30-16-20(21)5)24-11-7-10-22-23-12-13-25(31-29(23)32-28(22)24)27-18(3)8-6-9-19(27)4/h6-13,15-17H,14H2,1-5H3. The van der Waals surface area contributed by atoms with Gasteiger partial charge in [0.1, 0.15) is 5.58 Å². The molecule has 3 nitrogen and oxygen atoms in total. The van der Waals surface area contributed by atoms with Crippen molar-refractivity contribution in [2.45, 2.75) is 41.0 Å². The number of pyridine rings is 2. The summed E-state index contributed by atoms with van der Waals surface area (Å²) in [5, 5.41) is 2.11. The van der Waals surface area contributed by atoms with Crippen molar-refractivity contribution in [3.63, 3.8) is 0 Å². The van der Waals surface area contributed by atoms with E-state index in [1.165, 1.54) is 27.8 Å². The Morgan fingerprint density at radius 1 is 0.812 bits per heavy atom. The van der Waals surface area contributed by atoms with Crippen molar-refractivity contribution in [1.29, 1.82) is 0 Å². The zero-order chi connectivity index (χ0) is 22.4. The van der Waals surface area contributed by atoms with E-state index in [4.69, 9.17) is 14.4 Å². The van der Waals surface area contributed by atoms with Gasteiger partial charge in [0, 0.05) is 28.1 Å². The van der Waals surface area contributed by atoms with Gasteiger partial charge in [0.2, 0.25) is 5.71 Å². The van der Waals surface area contributed by atoms with E-state index in [9.17, 15) is 0 Å². The van der Waals surface area contributed by atoms with Gasteiger partial charge in [0.25, 0.3) is 0 Å². The maximum Gasteiger partial charge on any atom is 0.227 e. The smallest absolute Gasteiger partial charge is 0.227 e. The maximum absolute atomic E-state index is 6.38. The van der Waals surface area contributed by atoms with Crippen molar-refractivity contribution in [1.82, 2.24) is 9.97 Å². The van der Waals surface area contributed by atoms with Crippen molar-refractivity contribution in [2.75, 3.05) is 0 Å². The molecule has 160 valence electrons. The number of rotatable bonds is 4. The van der Waals surface area contributed by atoms with E-state index < -0.39 is 0 Å². The molecule has 0 saturated carbocycles. The van der Waals surface area contributed by atoms with Crippen LogP contribution >= 0.6 is 0 Å². The lowest BCUT2D eigenvalue weighted by molar-refractivity contribution is 0.644. The first kappa shape index (κ1) is 20.4. The molecule has 0 atom stereocenters. The van der Waals surface area contributed by atoms with Crippen LogP contribution in [0, 0.1) is 26.7 Å². The van der Waals surface area contributed by atoms with Gasteiger partial charge >= 0.3 is 0 Å². The highest BCUT2D eigenvalue weighted by Gasteiger charge is 2.16. The number of aryl methyl sites for hydroxylation is 3. The van der Waals surface area contributed by atoms with Crippen molar-refractivity contribution >= 4 is 22.1 Å². The molecule has 3 heteroatoms. The summed E-state index contributed by atoms with van der Waals surface area (Å²) in [5.41, 5.74) is 10.6. The topological polar surface area (TPSA) is 38.9 Å². The normalized spacial score (nSPS) is 11.7. The van der Waals surface area contributed by atoms with E-state index in [-0.39, 0.29) is 0 Å². The molecule has 3 heterocycles. The van der Waals surface area contributed by atoms with E-state index in [2.05, 4.69) is 89.2 Å². The molecule has 0 fully saturated rings. The molecule has 32 heavy (non-hydrogen) atoms. The van der Waals surface area contributed by atoms with Crippen LogP contribution in [0.2, 0.25) is 0 Å². The second-order valence-corrected chi connectivity index (χ2v) is 9.19. The SMILES string of the molecule is Cc1cnc(-c2cccc3c2oc2nc(-c4c(C)cccc4C)ccc23)cc1CC(C)C. The summed E-state index contributed by atoms with van der Waals surface area (Å²) in [6, 6.07) is 19.1. The van der Waals surface area contributed by atoms with Crippen LogP contribution in [0.15, 0.2) is 65.2 Å². The number of furan rings is 1. The van der Waals surface area contributed by atoms with Gasteiger partial charge in [-0.1, -0.05) is 44.2 Å². The highest BCUT2D eigenvalue weighted by atomic mass is 16.3. The highest BCUT2D eigenvalue weighted by Crippen LogP contribution is 2.36. The Labute approximate surface area is 189 Å². The van der Waals surface area contributed by atoms with Crippen LogP contribution in [-0.2, 0) is 6.42 Å². The molecule has 3 aromatic heterocycles. The summed E-state index contributed by atoms with van der Waals surface area (Å²) in [6.45, 7) is 10.9. The van der Waals surface area contributed by atoms with E-state index >= 15 is 0 Å². The Balaban J connectivity index is 1.68. The van der Waals surface area contributed by atoms with E-state index in [1.54, 1.807) is 0 Å². The minimum Gasteiger partial charge on any atom is -0.437 e. The van der Waals surface area contributed by atoms with Crippen LogP contribution in [0.25, 0.3) is 44.6 Å². The molecule has 0 amide bonds. The fourth-order valence-corrected chi connectivity index (χ4v) is 4.61. The fourth-order valence-electron chi connectivity index (χ4n) is 4.61. The van der Waals surface area contributed by atoms with E-state index in [1.807, 2.05) is 6.20 Å². The van der Waals surface area contributed by atoms with E-state index in [0.29, 0.717) is 11.6 Å². The molecule has 0 spiro atoms. The minimum atomic E-state index is 0.596. The van der Waals surface area contributed by atoms with Crippen molar-refractivity contribution < 1.29 is 4.42 Å². The largest absolute Gasteiger partial charge is 0.437 e. The minimum absolute atomic E-state index is 0.596. The molecule has 0 radical (unpaired) electrons. The van der Waals surface area contributed by atoms with Crippen LogP contribution in [0.3, 0.4) is 0 Å². The molecule has 5 rings (SSSR count). The molecule has 0 aliphatic carbocycles. The van der Waals surface area contributed by atoms with Gasteiger partial charge in [0.05, 0.1) is 11.4 Å². The zero-order valence-electron chi connectivity index (χ0n) is 19.4. The van der Waals surface area contributed by atoms with Crippen LogP contribution in [0.5, 0.6) is 0 Å². The third kappa shape index (κ3) is 3.48. The van der Waals surface area contributed by atoms with Gasteiger partial charge in [-0.2, -0.15) is 0 Å². The monoisotopic (exact) mass is 420 g/mol. The summed E-state index contributed by atoms with van der Waals surface area (Å²) in [4.78, 5) is 9.67. The first-order valence-corrected chi connectivity index (χ1v) is 11.3. The predicted molar refractivity (Wildman–Crippen MR) is 133 cm³/mol. The van der Waals surface area contributed by atoms with Crippen LogP contribution in [-0.4, -0.2) is 9.97 Å². The van der Waals surface area contributed by atoms with Gasteiger partial charge in [-0.25, -0.2) is 4.98 Å². The molecule has 0 N–H and O–H groups in total. The van der Waals surface area contributed by atoms with Crippen LogP contribution < -0.4 is 0 Å². The lowest BCUT2D eigenvalue weighted by atomic mass is 9.97. The Hall–Kier alpha value is -3.46. The molecular formula is C29H28N2O. The molecule has 2 aromatic carbocycles. The number of fused-ring (bicyclic) bond motifs is 3. The molecule has 0 saturated heterocycles. The van der Waals surface area contributed by atoms with Gasteiger partial charge in [-0.05, 0) is 79.6 Å². The second-order valence-electron chi connectivity index (χ2n) is 9.19. The van der Waals surface area contributed by atoms with Gasteiger partial charge < -0.3 is 4.42 Å². The van der Waals surface area contributed by atoms with Crippen molar-refractivity contribution in [2.24, 2.45) is 5.92 Å². The highest BCUT2D eigenvalue weighted by molar-refractivity contribution is 6.08. The lowest BCUT2D eigenvalue weighted by Crippen LogP contribution is -1.99. The summed E-state index contributed by atoms with van der Waals surface area (Å²) < 4.78 is 6.38. The summed E-state index contributed by atoms with van der Waals surface area (Å²) in [7, 11) is 0. The van der Waals surface area contributed by atoms with Gasteiger partial charge in [-0.3, -0.25) is 4.98 Å². The number of hydrogen-bond acceptors (Lipinski definition) is 3.